The van der Waals surface area contributed by atoms with Gasteiger partial charge in [0.1, 0.15) is 10.7 Å². The highest BCUT2D eigenvalue weighted by molar-refractivity contribution is 7.89. The molecule has 0 aliphatic heterocycles. The van der Waals surface area contributed by atoms with E-state index >= 15 is 0 Å². The summed E-state index contributed by atoms with van der Waals surface area (Å²) in [5.74, 6) is 0.444. The molecule has 162 valence electrons. The van der Waals surface area contributed by atoms with Crippen LogP contribution in [-0.2, 0) is 41.4 Å². The maximum absolute atomic E-state index is 12.6. The zero-order chi connectivity index (χ0) is 21.7. The molecule has 3 aromatic heterocycles. The molecule has 30 heavy (non-hydrogen) atoms. The third-order valence-electron chi connectivity index (χ3n) is 4.61. The fourth-order valence-corrected chi connectivity index (χ4v) is 4.99. The highest BCUT2D eigenvalue weighted by Gasteiger charge is 2.17. The molecule has 3 aromatic rings. The Hall–Kier alpha value is -1.98. The van der Waals surface area contributed by atoms with Crippen molar-refractivity contribution in [1.82, 2.24) is 19.5 Å². The first kappa shape index (κ1) is 22.7. The van der Waals surface area contributed by atoms with Crippen molar-refractivity contribution in [2.75, 3.05) is 19.0 Å². The Bertz CT molecular complexity index is 1110. The number of anilines is 1. The monoisotopic (exact) mass is 469 g/mol. The Morgan fingerprint density at radius 1 is 1.30 bits per heavy atom. The third-order valence-corrected chi connectivity index (χ3v) is 7.25. The average molecular weight is 470 g/mol. The summed E-state index contributed by atoms with van der Waals surface area (Å²) in [6.45, 7) is 3.30. The lowest BCUT2D eigenvalue weighted by atomic mass is 10.2. The fraction of sp³-hybridized carbons (Fsp3) is 0.368. The van der Waals surface area contributed by atoms with Crippen LogP contribution in [-0.4, -0.2) is 36.8 Å². The first-order chi connectivity index (χ1) is 14.3. The van der Waals surface area contributed by atoms with E-state index in [0.29, 0.717) is 19.0 Å². The number of aryl methyl sites for hydroxylation is 1. The number of pyridine rings is 1. The number of ether oxygens (including phenoxy) is 1. The lowest BCUT2D eigenvalue weighted by Gasteiger charge is -2.10. The summed E-state index contributed by atoms with van der Waals surface area (Å²) in [5.41, 5.74) is 3.24. The summed E-state index contributed by atoms with van der Waals surface area (Å²) in [7, 11) is -0.209. The van der Waals surface area contributed by atoms with E-state index < -0.39 is 10.0 Å². The largest absolute Gasteiger partial charge is 0.380 e. The number of thiophene rings is 1. The predicted molar refractivity (Wildman–Crippen MR) is 118 cm³/mol. The van der Waals surface area contributed by atoms with Gasteiger partial charge in [-0.2, -0.15) is 5.10 Å². The number of hydrogen-bond acceptors (Lipinski definition) is 7. The van der Waals surface area contributed by atoms with E-state index in [1.165, 1.54) is 23.6 Å². The van der Waals surface area contributed by atoms with Crippen LogP contribution in [0.5, 0.6) is 0 Å². The molecule has 0 aliphatic carbocycles. The molecule has 0 saturated carbocycles. The van der Waals surface area contributed by atoms with Crippen molar-refractivity contribution < 1.29 is 13.2 Å². The Morgan fingerprint density at radius 3 is 2.77 bits per heavy atom. The summed E-state index contributed by atoms with van der Waals surface area (Å²) < 4.78 is 34.6. The minimum absolute atomic E-state index is 0.0230. The van der Waals surface area contributed by atoms with Gasteiger partial charge in [-0.1, -0.05) is 11.6 Å². The van der Waals surface area contributed by atoms with Crippen LogP contribution >= 0.6 is 22.9 Å². The summed E-state index contributed by atoms with van der Waals surface area (Å²) in [5, 5.41) is 9.55. The van der Waals surface area contributed by atoms with Gasteiger partial charge >= 0.3 is 0 Å². The van der Waals surface area contributed by atoms with Crippen molar-refractivity contribution in [1.29, 1.82) is 0 Å². The second-order valence-corrected chi connectivity index (χ2v) is 9.91. The van der Waals surface area contributed by atoms with E-state index in [4.69, 9.17) is 16.3 Å². The van der Waals surface area contributed by atoms with E-state index in [-0.39, 0.29) is 16.5 Å². The maximum atomic E-state index is 12.6. The lowest BCUT2D eigenvalue weighted by Crippen LogP contribution is -2.23. The molecule has 11 heteroatoms. The van der Waals surface area contributed by atoms with Gasteiger partial charge < -0.3 is 10.1 Å². The SMILES string of the molecule is COCc1csc(CNS(=O)(=O)c2cnc(NCCc3cnn(C)c3C)c(Cl)c2)c1. The van der Waals surface area contributed by atoms with E-state index in [0.717, 1.165) is 28.1 Å². The summed E-state index contributed by atoms with van der Waals surface area (Å²) in [6.07, 6.45) is 3.89. The van der Waals surface area contributed by atoms with Crippen molar-refractivity contribution in [2.24, 2.45) is 7.05 Å². The van der Waals surface area contributed by atoms with Crippen LogP contribution in [0.15, 0.2) is 34.8 Å². The van der Waals surface area contributed by atoms with Crippen LogP contribution < -0.4 is 10.0 Å². The molecule has 0 fully saturated rings. The van der Waals surface area contributed by atoms with Gasteiger partial charge in [0.2, 0.25) is 10.0 Å². The molecule has 0 unspecified atom stereocenters. The number of aromatic nitrogens is 3. The highest BCUT2D eigenvalue weighted by atomic mass is 35.5. The number of hydrogen-bond donors (Lipinski definition) is 2. The van der Waals surface area contributed by atoms with Crippen LogP contribution in [0.1, 0.15) is 21.7 Å². The van der Waals surface area contributed by atoms with Gasteiger partial charge in [0, 0.05) is 44.0 Å². The molecule has 0 aliphatic rings. The molecule has 2 N–H and O–H groups in total. The Balaban J connectivity index is 1.59. The molecule has 0 amide bonds. The van der Waals surface area contributed by atoms with Crippen molar-refractivity contribution in [2.45, 2.75) is 31.4 Å². The van der Waals surface area contributed by atoms with Crippen LogP contribution in [0, 0.1) is 6.92 Å². The first-order valence-electron chi connectivity index (χ1n) is 9.22. The van der Waals surface area contributed by atoms with E-state index in [1.807, 2.05) is 36.3 Å². The smallest absolute Gasteiger partial charge is 0.242 e. The Labute approximate surface area is 185 Å². The van der Waals surface area contributed by atoms with Crippen molar-refractivity contribution >= 4 is 38.8 Å². The second-order valence-electron chi connectivity index (χ2n) is 6.74. The number of nitrogens with zero attached hydrogens (tertiary/aromatic N) is 3. The number of rotatable bonds is 10. The van der Waals surface area contributed by atoms with E-state index in [9.17, 15) is 8.42 Å². The molecular formula is C19H24ClN5O3S2. The molecule has 0 radical (unpaired) electrons. The number of methoxy groups -OCH3 is 1. The minimum atomic E-state index is -3.73. The predicted octanol–water partition coefficient (Wildman–Crippen LogP) is 3.12. The Morgan fingerprint density at radius 2 is 2.10 bits per heavy atom. The van der Waals surface area contributed by atoms with Gasteiger partial charge in [-0.05, 0) is 42.0 Å². The molecule has 8 nitrogen and oxygen atoms in total. The summed E-state index contributed by atoms with van der Waals surface area (Å²) in [4.78, 5) is 5.11. The highest BCUT2D eigenvalue weighted by Crippen LogP contribution is 2.23. The van der Waals surface area contributed by atoms with E-state index in [2.05, 4.69) is 20.1 Å². The van der Waals surface area contributed by atoms with Gasteiger partial charge in [-0.3, -0.25) is 4.68 Å². The van der Waals surface area contributed by atoms with Crippen LogP contribution in [0.2, 0.25) is 5.02 Å². The molecule has 0 spiro atoms. The summed E-state index contributed by atoms with van der Waals surface area (Å²) >= 11 is 7.74. The van der Waals surface area contributed by atoms with Crippen LogP contribution in [0.25, 0.3) is 0 Å². The Kier molecular flexibility index (Phi) is 7.48. The maximum Gasteiger partial charge on any atom is 0.242 e. The molecule has 0 bridgehead atoms. The topological polar surface area (TPSA) is 98.1 Å². The molecule has 3 heterocycles. The summed E-state index contributed by atoms with van der Waals surface area (Å²) in [6, 6.07) is 3.32. The van der Waals surface area contributed by atoms with Gasteiger partial charge in [-0.15, -0.1) is 11.3 Å². The average Bonchev–Trinajstić information content (AvgIpc) is 3.29. The molecule has 0 atom stereocenters. The van der Waals surface area contributed by atoms with Crippen LogP contribution in [0.4, 0.5) is 5.82 Å². The fourth-order valence-electron chi connectivity index (χ4n) is 2.81. The van der Waals surface area contributed by atoms with Gasteiger partial charge in [0.25, 0.3) is 0 Å². The van der Waals surface area contributed by atoms with E-state index in [1.54, 1.807) is 7.11 Å². The quantitative estimate of drug-likeness (QED) is 0.473. The molecule has 0 aromatic carbocycles. The molecule has 3 rings (SSSR count). The van der Waals surface area contributed by atoms with Gasteiger partial charge in [0.05, 0.1) is 17.8 Å². The van der Waals surface area contributed by atoms with Crippen molar-refractivity contribution in [3.8, 4) is 0 Å². The molecular weight excluding hydrogens is 446 g/mol. The third kappa shape index (κ3) is 5.58. The number of sulfonamides is 1. The zero-order valence-corrected chi connectivity index (χ0v) is 19.4. The number of halogens is 1. The van der Waals surface area contributed by atoms with Gasteiger partial charge in [-0.25, -0.2) is 18.1 Å². The number of nitrogens with one attached hydrogen (secondary N) is 2. The lowest BCUT2D eigenvalue weighted by molar-refractivity contribution is 0.185. The van der Waals surface area contributed by atoms with Crippen molar-refractivity contribution in [3.63, 3.8) is 0 Å². The zero-order valence-electron chi connectivity index (χ0n) is 17.0. The van der Waals surface area contributed by atoms with Crippen LogP contribution in [0.3, 0.4) is 0 Å². The minimum Gasteiger partial charge on any atom is -0.380 e. The molecule has 0 saturated heterocycles. The second kappa shape index (κ2) is 9.88. The van der Waals surface area contributed by atoms with Crippen molar-refractivity contribution in [3.05, 3.63) is 56.6 Å². The normalized spacial score (nSPS) is 11.7. The first-order valence-corrected chi connectivity index (χ1v) is 12.0. The van der Waals surface area contributed by atoms with Gasteiger partial charge in [0.15, 0.2) is 0 Å². The standard InChI is InChI=1S/C19H24ClN5O3S2/c1-13-15(8-23-25(13)2)4-5-21-19-18(20)7-17(10-22-19)30(26,27)24-9-16-6-14(11-28-3)12-29-16/h6-8,10,12,24H,4-5,9,11H2,1-3H3,(H,21,22).